The summed E-state index contributed by atoms with van der Waals surface area (Å²) in [5.74, 6) is 0.143. The van der Waals surface area contributed by atoms with Crippen LogP contribution in [0.4, 0.5) is 0 Å². The number of aryl methyl sites for hydroxylation is 1. The zero-order chi connectivity index (χ0) is 23.3. The molecule has 32 heavy (non-hydrogen) atoms. The van der Waals surface area contributed by atoms with Crippen LogP contribution < -0.4 is 4.74 Å². The molecule has 0 aromatic heterocycles. The second-order valence-corrected chi connectivity index (χ2v) is 8.00. The van der Waals surface area contributed by atoms with Gasteiger partial charge in [-0.3, -0.25) is 4.79 Å². The van der Waals surface area contributed by atoms with E-state index in [9.17, 15) is 9.59 Å². The van der Waals surface area contributed by atoms with Gasteiger partial charge in [0.2, 0.25) is 0 Å². The highest BCUT2D eigenvalue weighted by atomic mass is 16.5. The zero-order valence-corrected chi connectivity index (χ0v) is 18.9. The van der Waals surface area contributed by atoms with Crippen LogP contribution in [-0.2, 0) is 22.4 Å². The fraction of sp³-hybridized carbons (Fsp3) is 0.172. The van der Waals surface area contributed by atoms with Gasteiger partial charge in [0.1, 0.15) is 5.75 Å². The van der Waals surface area contributed by atoms with E-state index in [-0.39, 0.29) is 5.78 Å². The molecule has 0 unspecified atom stereocenters. The lowest BCUT2D eigenvalue weighted by atomic mass is 9.93. The summed E-state index contributed by atoms with van der Waals surface area (Å²) in [6.45, 7) is 12.8. The molecule has 0 atom stereocenters. The average Bonchev–Trinajstić information content (AvgIpc) is 2.79. The van der Waals surface area contributed by atoms with Crippen molar-refractivity contribution in [2.45, 2.75) is 33.6 Å². The first-order valence-corrected chi connectivity index (χ1v) is 10.7. The van der Waals surface area contributed by atoms with E-state index >= 15 is 0 Å². The Hall–Kier alpha value is -3.72. The van der Waals surface area contributed by atoms with Gasteiger partial charge < -0.3 is 4.74 Å². The molecular formula is C29H28O3. The predicted octanol–water partition coefficient (Wildman–Crippen LogP) is 6.75. The van der Waals surface area contributed by atoms with Crippen LogP contribution in [-0.4, -0.2) is 11.8 Å². The van der Waals surface area contributed by atoms with Crippen molar-refractivity contribution in [2.24, 2.45) is 0 Å². The molecule has 0 saturated carbocycles. The van der Waals surface area contributed by atoms with Crippen molar-refractivity contribution in [3.8, 4) is 28.0 Å². The molecular weight excluding hydrogens is 396 g/mol. The quantitative estimate of drug-likeness (QED) is 0.228. The van der Waals surface area contributed by atoms with E-state index in [1.165, 1.54) is 11.1 Å². The Bertz CT molecular complexity index is 1170. The van der Waals surface area contributed by atoms with E-state index in [1.807, 2.05) is 18.2 Å². The van der Waals surface area contributed by atoms with Gasteiger partial charge in [0.05, 0.1) is 0 Å². The van der Waals surface area contributed by atoms with Crippen molar-refractivity contribution < 1.29 is 14.3 Å². The molecule has 3 aromatic carbocycles. The van der Waals surface area contributed by atoms with Crippen molar-refractivity contribution in [1.82, 2.24) is 0 Å². The summed E-state index contributed by atoms with van der Waals surface area (Å²) in [5.41, 5.74) is 7.61. The maximum Gasteiger partial charge on any atom is 0.338 e. The number of Topliss-reactive ketones (excluding diaryl/α,β-unsaturated/α-hetero) is 1. The van der Waals surface area contributed by atoms with Crippen molar-refractivity contribution in [3.05, 3.63) is 102 Å². The summed E-state index contributed by atoms with van der Waals surface area (Å²) in [4.78, 5) is 23.7. The molecule has 162 valence electrons. The Morgan fingerprint density at radius 2 is 1.34 bits per heavy atom. The Kier molecular flexibility index (Phi) is 7.21. The molecule has 0 bridgehead atoms. The number of benzene rings is 3. The van der Waals surface area contributed by atoms with Crippen LogP contribution >= 0.6 is 0 Å². The highest BCUT2D eigenvalue weighted by Crippen LogP contribution is 2.29. The van der Waals surface area contributed by atoms with E-state index in [2.05, 4.69) is 56.5 Å². The second kappa shape index (κ2) is 10.1. The highest BCUT2D eigenvalue weighted by Gasteiger charge is 2.10. The van der Waals surface area contributed by atoms with Crippen LogP contribution in [0.2, 0.25) is 0 Å². The number of ether oxygens (including phenoxy) is 1. The first-order valence-electron chi connectivity index (χ1n) is 10.7. The third-order valence-electron chi connectivity index (χ3n) is 5.33. The lowest BCUT2D eigenvalue weighted by molar-refractivity contribution is -0.130. The van der Waals surface area contributed by atoms with E-state index in [4.69, 9.17) is 4.74 Å². The van der Waals surface area contributed by atoms with Crippen molar-refractivity contribution in [2.75, 3.05) is 0 Å². The Balaban J connectivity index is 1.79. The average molecular weight is 425 g/mol. The number of carbonyl (C=O) groups excluding carboxylic acids is 2. The highest BCUT2D eigenvalue weighted by molar-refractivity contribution is 5.95. The number of hydrogen-bond donors (Lipinski definition) is 0. The molecule has 0 amide bonds. The second-order valence-electron chi connectivity index (χ2n) is 8.00. The number of esters is 1. The summed E-state index contributed by atoms with van der Waals surface area (Å²) >= 11 is 0. The molecule has 3 heteroatoms. The summed E-state index contributed by atoms with van der Waals surface area (Å²) in [5, 5.41) is 0. The molecule has 3 aromatic rings. The standard InChI is InChI=1S/C29H28O3/c1-6-22-17-21(18-28(30)19(2)3)7-16-27(22)25-10-8-23(9-11-25)24-12-14-26(15-13-24)32-29(31)20(4)5/h7-17H,2,4,6,18H2,1,3,5H3. The Morgan fingerprint density at radius 1 is 0.781 bits per heavy atom. The van der Waals surface area contributed by atoms with E-state index in [1.54, 1.807) is 26.0 Å². The molecule has 0 saturated heterocycles. The van der Waals surface area contributed by atoms with Crippen molar-refractivity contribution in [3.63, 3.8) is 0 Å². The molecule has 0 spiro atoms. The van der Waals surface area contributed by atoms with Crippen LogP contribution in [0.1, 0.15) is 31.9 Å². The number of ketones is 1. The number of allylic oxidation sites excluding steroid dienone is 1. The largest absolute Gasteiger partial charge is 0.423 e. The van der Waals surface area contributed by atoms with Gasteiger partial charge in [-0.05, 0) is 71.4 Å². The normalized spacial score (nSPS) is 10.5. The van der Waals surface area contributed by atoms with Gasteiger partial charge in [-0.1, -0.05) is 74.7 Å². The fourth-order valence-corrected chi connectivity index (χ4v) is 3.42. The van der Waals surface area contributed by atoms with Gasteiger partial charge in [0, 0.05) is 12.0 Å². The van der Waals surface area contributed by atoms with Gasteiger partial charge in [0.15, 0.2) is 5.78 Å². The monoisotopic (exact) mass is 424 g/mol. The summed E-state index contributed by atoms with van der Waals surface area (Å²) < 4.78 is 5.25. The van der Waals surface area contributed by atoms with Crippen molar-refractivity contribution >= 4 is 11.8 Å². The molecule has 3 nitrogen and oxygen atoms in total. The summed E-state index contributed by atoms with van der Waals surface area (Å²) in [7, 11) is 0. The minimum Gasteiger partial charge on any atom is -0.423 e. The van der Waals surface area contributed by atoms with Gasteiger partial charge in [-0.15, -0.1) is 0 Å². The maximum absolute atomic E-state index is 12.0. The van der Waals surface area contributed by atoms with E-state index in [0.29, 0.717) is 23.3 Å². The minimum atomic E-state index is -0.427. The molecule has 0 N–H and O–H groups in total. The third-order valence-corrected chi connectivity index (χ3v) is 5.33. The van der Waals surface area contributed by atoms with Gasteiger partial charge in [-0.25, -0.2) is 4.79 Å². The number of carbonyl (C=O) groups is 2. The maximum atomic E-state index is 12.0. The van der Waals surface area contributed by atoms with Gasteiger partial charge >= 0.3 is 5.97 Å². The van der Waals surface area contributed by atoms with Gasteiger partial charge in [0.25, 0.3) is 0 Å². The van der Waals surface area contributed by atoms with Crippen LogP contribution in [0, 0.1) is 0 Å². The Labute approximate surface area is 190 Å². The van der Waals surface area contributed by atoms with Crippen LogP contribution in [0.15, 0.2) is 91.0 Å². The number of hydrogen-bond acceptors (Lipinski definition) is 3. The molecule has 0 aliphatic heterocycles. The molecule has 0 heterocycles. The first-order chi connectivity index (χ1) is 15.3. The number of rotatable bonds is 8. The molecule has 0 radical (unpaired) electrons. The summed E-state index contributed by atoms with van der Waals surface area (Å²) in [6, 6.07) is 22.1. The predicted molar refractivity (Wildman–Crippen MR) is 131 cm³/mol. The van der Waals surface area contributed by atoms with Crippen LogP contribution in [0.3, 0.4) is 0 Å². The smallest absolute Gasteiger partial charge is 0.338 e. The summed E-state index contributed by atoms with van der Waals surface area (Å²) in [6.07, 6.45) is 1.27. The molecule has 0 aliphatic carbocycles. The van der Waals surface area contributed by atoms with Crippen molar-refractivity contribution in [1.29, 1.82) is 0 Å². The molecule has 3 rings (SSSR count). The lowest BCUT2D eigenvalue weighted by Crippen LogP contribution is -2.07. The first kappa shape index (κ1) is 23.0. The Morgan fingerprint density at radius 3 is 1.88 bits per heavy atom. The lowest BCUT2D eigenvalue weighted by Gasteiger charge is -2.12. The molecule has 0 fully saturated rings. The van der Waals surface area contributed by atoms with E-state index < -0.39 is 5.97 Å². The fourth-order valence-electron chi connectivity index (χ4n) is 3.42. The topological polar surface area (TPSA) is 43.4 Å². The van der Waals surface area contributed by atoms with Crippen LogP contribution in [0.5, 0.6) is 5.75 Å². The molecule has 0 aliphatic rings. The third kappa shape index (κ3) is 5.50. The van der Waals surface area contributed by atoms with Gasteiger partial charge in [-0.2, -0.15) is 0 Å². The minimum absolute atomic E-state index is 0.0737. The SMILES string of the molecule is C=C(C)C(=O)Cc1ccc(-c2ccc(-c3ccc(OC(=O)C(=C)C)cc3)cc2)c(CC)c1. The van der Waals surface area contributed by atoms with E-state index in [0.717, 1.165) is 28.7 Å². The van der Waals surface area contributed by atoms with Crippen LogP contribution in [0.25, 0.3) is 22.3 Å². The zero-order valence-electron chi connectivity index (χ0n) is 18.9.